The molecule has 0 radical (unpaired) electrons. The molecular weight excluding hydrogens is 628 g/mol. The Labute approximate surface area is 288 Å². The number of methoxy groups -OCH3 is 2. The number of rotatable bonds is 10. The normalized spacial score (nSPS) is 14.9. The monoisotopic (exact) mass is 662 g/mol. The zero-order valence-corrected chi connectivity index (χ0v) is 28.0. The maximum Gasteiger partial charge on any atom is 0.261 e. The summed E-state index contributed by atoms with van der Waals surface area (Å²) < 4.78 is 10.5. The molecule has 0 spiro atoms. The molecule has 1 heterocycles. The lowest BCUT2D eigenvalue weighted by molar-refractivity contribution is 0.0623. The SMILES string of the molecule is C=C/C(=C\C=C\CN(C)C(=O)c1ccc2c3ccc4c5c(ccc(c6ccc(C=O)c1c62)c53)C(=O)N(CC1=CC=C(OC)C=CC1)C4=O)OC. The van der Waals surface area contributed by atoms with Crippen LogP contribution >= 0.6 is 0 Å². The molecule has 7 rings (SSSR count). The smallest absolute Gasteiger partial charge is 0.261 e. The van der Waals surface area contributed by atoms with Gasteiger partial charge in [0.15, 0.2) is 6.29 Å². The summed E-state index contributed by atoms with van der Waals surface area (Å²) in [5.41, 5.74) is 2.65. The minimum Gasteiger partial charge on any atom is -0.497 e. The van der Waals surface area contributed by atoms with E-state index < -0.39 is 0 Å². The van der Waals surface area contributed by atoms with Gasteiger partial charge in [0.25, 0.3) is 17.7 Å². The summed E-state index contributed by atoms with van der Waals surface area (Å²) in [5, 5.41) is 6.11. The zero-order valence-electron chi connectivity index (χ0n) is 28.0. The van der Waals surface area contributed by atoms with Crippen LogP contribution in [0.4, 0.5) is 0 Å². The number of ether oxygens (including phenoxy) is 2. The van der Waals surface area contributed by atoms with E-state index in [0.29, 0.717) is 57.5 Å². The van der Waals surface area contributed by atoms with Crippen LogP contribution in [0, 0.1) is 0 Å². The Morgan fingerprint density at radius 2 is 1.52 bits per heavy atom. The van der Waals surface area contributed by atoms with Crippen LogP contribution in [0.5, 0.6) is 0 Å². The maximum absolute atomic E-state index is 14.0. The molecule has 8 nitrogen and oxygen atoms in total. The van der Waals surface area contributed by atoms with Gasteiger partial charge in [-0.1, -0.05) is 61.2 Å². The van der Waals surface area contributed by atoms with Crippen molar-refractivity contribution in [3.8, 4) is 0 Å². The van der Waals surface area contributed by atoms with Crippen molar-refractivity contribution >= 4 is 67.1 Å². The Bertz CT molecular complexity index is 2370. The second kappa shape index (κ2) is 13.0. The topological polar surface area (TPSA) is 93.2 Å². The standard InChI is InChI=1S/C42H34N2O6/c1-5-27(49-3)10-6-7-22-43(2)40(46)33-19-16-30-32-18-21-35-39-34(20-17-31(38(32)39)29-15-13-26(24-45)36(33)37(29)30)41(47)44(42(35)48)23-25-9-8-11-28(50-4)14-12-25/h5-8,10-21,24H,1,9,22-23H2,2-4H3/b7-6+,27-10+. The summed E-state index contributed by atoms with van der Waals surface area (Å²) in [6.45, 7) is 4.19. The molecule has 0 bridgehead atoms. The molecule has 2 aliphatic rings. The number of hydrogen-bond acceptors (Lipinski definition) is 6. The molecule has 1 aliphatic carbocycles. The van der Waals surface area contributed by atoms with E-state index in [9.17, 15) is 19.2 Å². The largest absolute Gasteiger partial charge is 0.497 e. The average Bonchev–Trinajstić information content (AvgIpc) is 3.39. The van der Waals surface area contributed by atoms with Crippen molar-refractivity contribution < 1.29 is 28.7 Å². The van der Waals surface area contributed by atoms with Gasteiger partial charge in [0.2, 0.25) is 0 Å². The van der Waals surface area contributed by atoms with Crippen molar-refractivity contribution in [1.29, 1.82) is 0 Å². The predicted molar refractivity (Wildman–Crippen MR) is 197 cm³/mol. The van der Waals surface area contributed by atoms with Crippen LogP contribution in [-0.2, 0) is 9.47 Å². The molecule has 0 saturated heterocycles. The highest BCUT2D eigenvalue weighted by Crippen LogP contribution is 2.45. The summed E-state index contributed by atoms with van der Waals surface area (Å²) in [4.78, 5) is 57.2. The Morgan fingerprint density at radius 1 is 0.880 bits per heavy atom. The molecule has 248 valence electrons. The summed E-state index contributed by atoms with van der Waals surface area (Å²) in [5.74, 6) is 0.373. The average molecular weight is 663 g/mol. The third kappa shape index (κ3) is 5.17. The van der Waals surface area contributed by atoms with Crippen molar-refractivity contribution in [3.05, 3.63) is 143 Å². The first-order chi connectivity index (χ1) is 24.3. The first kappa shape index (κ1) is 32.3. The van der Waals surface area contributed by atoms with Crippen LogP contribution in [0.25, 0.3) is 43.1 Å². The molecule has 0 unspecified atom stereocenters. The fraction of sp³-hybridized carbons (Fsp3) is 0.143. The second-order valence-corrected chi connectivity index (χ2v) is 12.3. The van der Waals surface area contributed by atoms with Crippen LogP contribution in [0.1, 0.15) is 47.9 Å². The van der Waals surface area contributed by atoms with E-state index in [2.05, 4.69) is 6.58 Å². The molecule has 50 heavy (non-hydrogen) atoms. The summed E-state index contributed by atoms with van der Waals surface area (Å²) in [6, 6.07) is 14.7. The number of carbonyl (C=O) groups is 4. The lowest BCUT2D eigenvalue weighted by Crippen LogP contribution is -2.41. The molecule has 5 aromatic carbocycles. The molecule has 0 saturated carbocycles. The van der Waals surface area contributed by atoms with E-state index >= 15 is 0 Å². The first-order valence-electron chi connectivity index (χ1n) is 16.2. The molecule has 0 atom stereocenters. The lowest BCUT2D eigenvalue weighted by atomic mass is 9.83. The van der Waals surface area contributed by atoms with Crippen molar-refractivity contribution in [2.75, 3.05) is 34.4 Å². The van der Waals surface area contributed by atoms with Gasteiger partial charge in [0.05, 0.1) is 20.8 Å². The number of allylic oxidation sites excluding steroid dienone is 7. The fourth-order valence-electron chi connectivity index (χ4n) is 7.07. The van der Waals surface area contributed by atoms with E-state index in [1.165, 1.54) is 4.90 Å². The Balaban J connectivity index is 1.34. The van der Waals surface area contributed by atoms with E-state index in [1.54, 1.807) is 68.7 Å². The van der Waals surface area contributed by atoms with Crippen molar-refractivity contribution in [2.45, 2.75) is 6.42 Å². The number of imide groups is 1. The number of amides is 3. The number of aldehydes is 1. The fourth-order valence-corrected chi connectivity index (χ4v) is 7.07. The number of nitrogens with zero attached hydrogens (tertiary/aromatic N) is 2. The molecule has 3 amide bonds. The molecule has 0 fully saturated rings. The molecule has 8 heteroatoms. The van der Waals surface area contributed by atoms with E-state index in [-0.39, 0.29) is 24.3 Å². The molecule has 0 aromatic heterocycles. The van der Waals surface area contributed by atoms with Gasteiger partial charge in [-0.15, -0.1) is 0 Å². The van der Waals surface area contributed by atoms with Gasteiger partial charge in [0.1, 0.15) is 11.5 Å². The minimum absolute atomic E-state index is 0.164. The second-order valence-electron chi connectivity index (χ2n) is 12.3. The highest BCUT2D eigenvalue weighted by Gasteiger charge is 2.35. The lowest BCUT2D eigenvalue weighted by Gasteiger charge is -2.29. The number of hydrogen-bond donors (Lipinski definition) is 0. The summed E-state index contributed by atoms with van der Waals surface area (Å²) >= 11 is 0. The zero-order chi connectivity index (χ0) is 35.1. The Morgan fingerprint density at radius 3 is 2.14 bits per heavy atom. The molecular formula is C42H34N2O6. The van der Waals surface area contributed by atoms with Crippen molar-refractivity contribution in [2.24, 2.45) is 0 Å². The maximum atomic E-state index is 14.0. The third-order valence-electron chi connectivity index (χ3n) is 9.54. The van der Waals surface area contributed by atoms with Crippen molar-refractivity contribution in [1.82, 2.24) is 9.80 Å². The van der Waals surface area contributed by atoms with Crippen LogP contribution in [0.3, 0.4) is 0 Å². The molecule has 1 aliphatic heterocycles. The highest BCUT2D eigenvalue weighted by atomic mass is 16.5. The first-order valence-corrected chi connectivity index (χ1v) is 16.2. The highest BCUT2D eigenvalue weighted by molar-refractivity contribution is 6.39. The van der Waals surface area contributed by atoms with Gasteiger partial charge in [0, 0.05) is 46.6 Å². The van der Waals surface area contributed by atoms with E-state index in [0.717, 1.165) is 44.2 Å². The van der Waals surface area contributed by atoms with Gasteiger partial charge in [-0.05, 0) is 86.8 Å². The van der Waals surface area contributed by atoms with E-state index in [1.807, 2.05) is 54.6 Å². The predicted octanol–water partition coefficient (Wildman–Crippen LogP) is 7.91. The summed E-state index contributed by atoms with van der Waals surface area (Å²) in [6.07, 6.45) is 15.9. The van der Waals surface area contributed by atoms with E-state index in [4.69, 9.17) is 9.47 Å². The van der Waals surface area contributed by atoms with Gasteiger partial charge in [-0.3, -0.25) is 24.1 Å². The molecule has 5 aromatic rings. The number of benzene rings is 5. The van der Waals surface area contributed by atoms with Gasteiger partial charge >= 0.3 is 0 Å². The Kier molecular flexibility index (Phi) is 8.37. The Hall–Kier alpha value is -6.28. The van der Waals surface area contributed by atoms with Gasteiger partial charge < -0.3 is 14.4 Å². The van der Waals surface area contributed by atoms with Gasteiger partial charge in [-0.2, -0.15) is 0 Å². The number of carbonyl (C=O) groups excluding carboxylic acids is 4. The van der Waals surface area contributed by atoms with Crippen LogP contribution in [0.2, 0.25) is 0 Å². The van der Waals surface area contributed by atoms with Crippen molar-refractivity contribution in [3.63, 3.8) is 0 Å². The minimum atomic E-state index is -0.347. The number of fused-ring (bicyclic) bond motifs is 2. The summed E-state index contributed by atoms with van der Waals surface area (Å²) in [7, 11) is 4.87. The van der Waals surface area contributed by atoms with Crippen LogP contribution in [-0.4, -0.2) is 68.2 Å². The quantitative estimate of drug-likeness (QED) is 0.0377. The molecule has 0 N–H and O–H groups in total. The third-order valence-corrected chi connectivity index (χ3v) is 9.54. The van der Waals surface area contributed by atoms with Crippen LogP contribution < -0.4 is 0 Å². The van der Waals surface area contributed by atoms with Gasteiger partial charge in [-0.25, -0.2) is 0 Å². The van der Waals surface area contributed by atoms with Crippen LogP contribution in [0.15, 0.2) is 121 Å². The number of likely N-dealkylation sites (N-methyl/N-ethyl adjacent to an activating group) is 1.